The van der Waals surface area contributed by atoms with Gasteiger partial charge in [-0.2, -0.15) is 0 Å². The Kier molecular flexibility index (Phi) is 30.3. The van der Waals surface area contributed by atoms with Crippen LogP contribution in [0.5, 0.6) is 0 Å². The van der Waals surface area contributed by atoms with E-state index < -0.39 is 0 Å². The Morgan fingerprint density at radius 1 is 0.414 bits per heavy atom. The number of aromatic amines is 2. The molecule has 0 bridgehead atoms. The molecule has 0 fully saturated rings. The van der Waals surface area contributed by atoms with Gasteiger partial charge >= 0.3 is 5.63 Å². The Labute approximate surface area is 818 Å². The number of thiazole rings is 1. The van der Waals surface area contributed by atoms with Gasteiger partial charge in [0.05, 0.1) is 39.5 Å². The number of nitriles is 1. The van der Waals surface area contributed by atoms with Gasteiger partial charge in [0.2, 0.25) is 0 Å². The van der Waals surface area contributed by atoms with E-state index >= 15 is 0 Å². The third kappa shape index (κ3) is 22.9. The second-order valence-electron chi connectivity index (χ2n) is 33.5. The minimum Gasteiger partial charge on any atom is -0.462 e. The number of pyridine rings is 2. The number of nitrogens with one attached hydrogen (secondary N) is 2. The van der Waals surface area contributed by atoms with Gasteiger partial charge < -0.3 is 28.9 Å². The van der Waals surface area contributed by atoms with Gasteiger partial charge in [0.15, 0.2) is 10.9 Å². The van der Waals surface area contributed by atoms with E-state index in [0.29, 0.717) is 65.8 Å². The lowest BCUT2D eigenvalue weighted by molar-refractivity contribution is 0.318. The number of hydrogen-bond donors (Lipinski definition) is 2. The first-order valence-electron chi connectivity index (χ1n) is 46.4. The summed E-state index contributed by atoms with van der Waals surface area (Å²) in [6.07, 6.45) is 16.2. The molecule has 140 heavy (non-hydrogen) atoms. The van der Waals surface area contributed by atoms with Crippen LogP contribution in [0.2, 0.25) is 0 Å². The third-order valence-electron chi connectivity index (χ3n) is 24.0. The molecule has 4 aromatic heterocycles. The summed E-state index contributed by atoms with van der Waals surface area (Å²) in [4.78, 5) is 56.7. The van der Waals surface area contributed by atoms with E-state index in [4.69, 9.17) is 21.0 Å². The second kappa shape index (κ2) is 45.3. The van der Waals surface area contributed by atoms with Crippen LogP contribution in [0.4, 0.5) is 11.4 Å². The molecule has 1 aliphatic heterocycles. The van der Waals surface area contributed by atoms with Crippen molar-refractivity contribution in [1.82, 2.24) is 15.0 Å². The van der Waals surface area contributed by atoms with Gasteiger partial charge in [-0.15, -0.1) is 11.3 Å². The number of nitrogens with zero attached hydrogens (tertiary/aromatic N) is 5. The molecule has 0 radical (unpaired) electrons. The van der Waals surface area contributed by atoms with Crippen LogP contribution >= 0.6 is 11.3 Å². The number of ether oxygens (including phenoxy) is 1. The van der Waals surface area contributed by atoms with Crippen molar-refractivity contribution in [2.24, 2.45) is 0 Å². The molecule has 678 valence electrons. The Hall–Kier alpha value is -18.1. The molecule has 13 heteroatoms. The minimum atomic E-state index is -0.344. The summed E-state index contributed by atoms with van der Waals surface area (Å²) in [5.41, 5.74) is 27.8. The van der Waals surface area contributed by atoms with Gasteiger partial charge in [0.25, 0.3) is 5.70 Å². The molecular formula is C127H99N7O5S. The lowest BCUT2D eigenvalue weighted by Gasteiger charge is -2.20. The molecular weight excluding hydrogens is 1740 g/mol. The fourth-order valence-electron chi connectivity index (χ4n) is 16.8. The number of rotatable bonds is 19. The van der Waals surface area contributed by atoms with Crippen molar-refractivity contribution < 1.29 is 9.15 Å². The van der Waals surface area contributed by atoms with E-state index in [1.807, 2.05) is 140 Å². The summed E-state index contributed by atoms with van der Waals surface area (Å²) in [5.74, 6) is 1.26. The molecule has 21 rings (SSSR count). The zero-order valence-electron chi connectivity index (χ0n) is 78.1. The lowest BCUT2D eigenvalue weighted by Crippen LogP contribution is -2.21. The first-order chi connectivity index (χ1) is 68.7. The van der Waals surface area contributed by atoms with Crippen LogP contribution in [0.15, 0.2) is 497 Å². The maximum atomic E-state index is 12.8. The monoisotopic (exact) mass is 1830 g/mol. The molecule has 0 saturated heterocycles. The van der Waals surface area contributed by atoms with Gasteiger partial charge in [0, 0.05) is 82.6 Å². The molecule has 0 amide bonds. The lowest BCUT2D eigenvalue weighted by atomic mass is 9.94. The molecule has 20 aromatic rings. The van der Waals surface area contributed by atoms with Crippen LogP contribution in [0.3, 0.4) is 0 Å². The van der Waals surface area contributed by atoms with Crippen molar-refractivity contribution in [3.8, 4) is 27.8 Å². The zero-order chi connectivity index (χ0) is 96.5. The van der Waals surface area contributed by atoms with E-state index in [1.165, 1.54) is 100 Å². The van der Waals surface area contributed by atoms with Crippen molar-refractivity contribution in [2.45, 2.75) is 20.8 Å². The van der Waals surface area contributed by atoms with Crippen molar-refractivity contribution in [3.63, 3.8) is 0 Å². The highest BCUT2D eigenvalue weighted by Crippen LogP contribution is 2.36. The Balaban J connectivity index is 0.000000123. The van der Waals surface area contributed by atoms with Gasteiger partial charge in [-0.25, -0.2) is 19.9 Å². The molecule has 0 atom stereocenters. The molecule has 0 saturated carbocycles. The first-order valence-corrected chi connectivity index (χ1v) is 47.2. The standard InChI is InChI=1S/C40H30.C28H22.C20H18N2O2S.C20H12N2O2.C19H17N3O/c1-5-13-35(14-6-1)39(36-15-7-2-8-16-36)29-31-21-25-33(26-22-31)34-27-23-32(24-28-34)30-40(37-17-9-3-10-18-37)38-19-11-4-12-20-38;1-5-13-23(14-6-1)27(24-15-7-2-8-16-24)21-22-28(25-17-9-3-10-18-25)26-19-11-4-12-20-26;1-3-22(4-2)14-10-9-13-11-15(20(23)24-17(13)12-14)19-21-16-7-5-6-8-18(16)25-19;23-19-11-5-1-3-7-15(11)21-17-10-14-18(9-13(17)19)22-16-8-4-2-6-12(16)20(14)24;1-14-11-16(19(13-20)21-2)12-18(23-14)10-7-15-5-8-17(9-6-15)22(3)4/h1-30H;1-22H;5-12H,3-4H2,1-2H3;1-10H,(H,21,23)(H,22,24);5-12H,1,3-4H3/b;;;;10-7+,19-16+. The summed E-state index contributed by atoms with van der Waals surface area (Å²) >= 11 is 1.51. The largest absolute Gasteiger partial charge is 0.462 e. The van der Waals surface area contributed by atoms with Crippen LogP contribution in [-0.2, 0) is 4.74 Å². The number of benzene rings is 16. The molecule has 0 unspecified atom stereocenters. The van der Waals surface area contributed by atoms with Gasteiger partial charge in [-0.05, 0) is 230 Å². The number of fused-ring (bicyclic) bond motifs is 6. The molecule has 0 aliphatic carbocycles. The Bertz CT molecular complexity index is 7790. The number of aromatic nitrogens is 3. The van der Waals surface area contributed by atoms with E-state index in [9.17, 15) is 14.4 Å². The number of para-hydroxylation sites is 3. The van der Waals surface area contributed by atoms with Gasteiger partial charge in [0.1, 0.15) is 22.1 Å². The molecule has 1 aliphatic rings. The summed E-state index contributed by atoms with van der Waals surface area (Å²) in [5, 5.41) is 13.0. The summed E-state index contributed by atoms with van der Waals surface area (Å²) < 4.78 is 12.3. The van der Waals surface area contributed by atoms with Crippen LogP contribution in [-0.4, -0.2) is 42.1 Å². The molecule has 0 spiro atoms. The normalized spacial score (nSPS) is 11.7. The highest BCUT2D eigenvalue weighted by molar-refractivity contribution is 7.21. The average molecular weight is 1840 g/mol. The number of hydrogen-bond acceptors (Lipinski definition) is 10. The van der Waals surface area contributed by atoms with Crippen molar-refractivity contribution in [1.29, 1.82) is 5.26 Å². The Morgan fingerprint density at radius 2 is 0.800 bits per heavy atom. The predicted molar refractivity (Wildman–Crippen MR) is 586 cm³/mol. The van der Waals surface area contributed by atoms with E-state index in [0.717, 1.165) is 56.7 Å². The maximum Gasteiger partial charge on any atom is 0.346 e. The summed E-state index contributed by atoms with van der Waals surface area (Å²) in [6, 6.07) is 146. The Morgan fingerprint density at radius 3 is 1.20 bits per heavy atom. The number of allylic oxidation sites excluding steroid dienone is 8. The minimum absolute atomic E-state index is 0.0322. The average Bonchev–Trinajstić information content (AvgIpc) is 0.851. The van der Waals surface area contributed by atoms with Crippen LogP contribution in [0.1, 0.15) is 82.0 Å². The van der Waals surface area contributed by atoms with Gasteiger partial charge in [-0.3, -0.25) is 9.59 Å². The zero-order valence-corrected chi connectivity index (χ0v) is 78.9. The molecule has 5 heterocycles. The van der Waals surface area contributed by atoms with Crippen molar-refractivity contribution in [3.05, 3.63) is 581 Å². The SMILES string of the molecule is C(=C(c1ccccc1)c1ccccc1)c1ccc(-c2ccc(C=C(c3ccccc3)c3ccccc3)cc2)cc1.C(C=C(c1ccccc1)c1ccccc1)=C(c1ccccc1)c1ccccc1.CCN(CC)c1ccc2cc(-c3nc4ccccc4s3)c(=O)oc2c1.O=c1c2ccccc2[nH]c2cc3c(=O)c4ccccc4[nH]c3cc12.[C-]#[N+]/C(C#N)=C1\C=C(C)OC(/C=C/c2ccc(N(C)C)cc2)=C1. The number of H-pyrrole nitrogens is 2. The van der Waals surface area contributed by atoms with Gasteiger partial charge in [-0.1, -0.05) is 358 Å². The summed E-state index contributed by atoms with van der Waals surface area (Å²) in [7, 11) is 4.00. The van der Waals surface area contributed by atoms with E-state index in [-0.39, 0.29) is 22.2 Å². The van der Waals surface area contributed by atoms with Crippen LogP contribution in [0.25, 0.3) is 132 Å². The smallest absolute Gasteiger partial charge is 0.346 e. The van der Waals surface area contributed by atoms with E-state index in [1.54, 1.807) is 43.3 Å². The second-order valence-corrected chi connectivity index (χ2v) is 34.5. The quantitative estimate of drug-likeness (QED) is 0.0201. The van der Waals surface area contributed by atoms with Crippen molar-refractivity contribution in [2.75, 3.05) is 37.0 Å². The van der Waals surface area contributed by atoms with Crippen LogP contribution < -0.4 is 26.3 Å². The fraction of sp³-hybridized carbons (Fsp3) is 0.0551. The first kappa shape index (κ1) is 93.7. The topological polar surface area (TPSA) is 153 Å². The highest BCUT2D eigenvalue weighted by Gasteiger charge is 2.18. The molecule has 2 N–H and O–H groups in total. The number of anilines is 2. The fourth-order valence-corrected chi connectivity index (χ4v) is 17.8. The van der Waals surface area contributed by atoms with Crippen LogP contribution in [0, 0.1) is 17.9 Å². The summed E-state index contributed by atoms with van der Waals surface area (Å²) in [6.45, 7) is 14.9. The molecule has 16 aromatic carbocycles. The third-order valence-corrected chi connectivity index (χ3v) is 25.1. The maximum absolute atomic E-state index is 12.8. The predicted octanol–water partition coefficient (Wildman–Crippen LogP) is 30.7. The van der Waals surface area contributed by atoms with Crippen molar-refractivity contribution >= 4 is 128 Å². The molecule has 12 nitrogen and oxygen atoms in total. The van der Waals surface area contributed by atoms with E-state index in [2.05, 4.69) is 360 Å². The highest BCUT2D eigenvalue weighted by atomic mass is 32.1.